The van der Waals surface area contributed by atoms with Gasteiger partial charge in [0.25, 0.3) is 5.91 Å². The van der Waals surface area contributed by atoms with E-state index in [0.29, 0.717) is 15.6 Å². The number of rotatable bonds is 5. The van der Waals surface area contributed by atoms with Gasteiger partial charge in [0.15, 0.2) is 22.9 Å². The van der Waals surface area contributed by atoms with E-state index in [4.69, 9.17) is 11.6 Å². The first kappa shape index (κ1) is 25.5. The first-order valence-corrected chi connectivity index (χ1v) is 12.3. The van der Waals surface area contributed by atoms with Gasteiger partial charge >= 0.3 is 6.18 Å². The summed E-state index contributed by atoms with van der Waals surface area (Å²) in [6.45, 7) is 0.0487. The summed E-state index contributed by atoms with van der Waals surface area (Å²) in [4.78, 5) is 17.3. The largest absolute Gasteiger partial charge is 0.433 e. The normalized spacial score (nSPS) is 11.8. The van der Waals surface area contributed by atoms with Crippen LogP contribution in [0.4, 0.5) is 23.4 Å². The first-order chi connectivity index (χ1) is 19.2. The van der Waals surface area contributed by atoms with Crippen LogP contribution in [0.25, 0.3) is 27.7 Å². The Morgan fingerprint density at radius 2 is 1.68 bits per heavy atom. The Morgan fingerprint density at radius 1 is 0.925 bits per heavy atom. The van der Waals surface area contributed by atoms with Crippen molar-refractivity contribution < 1.29 is 22.4 Å². The fourth-order valence-corrected chi connectivity index (χ4v) is 4.52. The molecule has 0 fully saturated rings. The monoisotopic (exact) mass is 564 g/mol. The SMILES string of the molecule is O=C(Nc1nn(Cc2ccccc2F)cc1Cl)c1cc2nc(-c3ccc4ccccc4c3)cc(C(F)(F)F)n2n1. The topological polar surface area (TPSA) is 77.1 Å². The van der Waals surface area contributed by atoms with Crippen molar-refractivity contribution in [2.45, 2.75) is 12.7 Å². The van der Waals surface area contributed by atoms with Gasteiger partial charge in [-0.05, 0) is 29.0 Å². The molecule has 12 heteroatoms. The van der Waals surface area contributed by atoms with Crippen molar-refractivity contribution in [3.8, 4) is 11.3 Å². The van der Waals surface area contributed by atoms with Crippen LogP contribution in [0.1, 0.15) is 21.7 Å². The second kappa shape index (κ2) is 9.76. The van der Waals surface area contributed by atoms with E-state index in [1.165, 1.54) is 16.9 Å². The fraction of sp³-hybridized carbons (Fsp3) is 0.0714. The first-order valence-electron chi connectivity index (χ1n) is 11.9. The van der Waals surface area contributed by atoms with E-state index in [-0.39, 0.29) is 34.4 Å². The quantitative estimate of drug-likeness (QED) is 0.232. The van der Waals surface area contributed by atoms with Gasteiger partial charge in [-0.1, -0.05) is 66.2 Å². The van der Waals surface area contributed by atoms with Gasteiger partial charge in [-0.25, -0.2) is 13.9 Å². The Bertz CT molecular complexity index is 1910. The zero-order valence-corrected chi connectivity index (χ0v) is 21.1. The van der Waals surface area contributed by atoms with Gasteiger partial charge in [0.1, 0.15) is 10.8 Å². The molecule has 3 heterocycles. The molecule has 0 radical (unpaired) electrons. The number of benzene rings is 3. The molecule has 200 valence electrons. The molecule has 1 amide bonds. The zero-order chi connectivity index (χ0) is 28.0. The molecule has 6 rings (SSSR count). The van der Waals surface area contributed by atoms with Gasteiger partial charge in [0.2, 0.25) is 0 Å². The standard InChI is InChI=1S/C28H17ClF4N6O/c29-20-15-38(14-19-7-3-4-8-21(19)30)37-26(20)35-27(40)23-13-25-34-22(12-24(28(31,32)33)39(25)36-23)18-10-9-16-5-1-2-6-17(16)11-18/h1-13,15H,14H2,(H,35,37,40). The summed E-state index contributed by atoms with van der Waals surface area (Å²) < 4.78 is 58.0. The highest BCUT2D eigenvalue weighted by Crippen LogP contribution is 2.33. The molecule has 0 aliphatic rings. The number of amides is 1. The van der Waals surface area contributed by atoms with Crippen molar-refractivity contribution in [2.75, 3.05) is 5.32 Å². The van der Waals surface area contributed by atoms with Crippen LogP contribution in [0.5, 0.6) is 0 Å². The Hall–Kier alpha value is -4.77. The van der Waals surface area contributed by atoms with Gasteiger partial charge < -0.3 is 5.32 Å². The van der Waals surface area contributed by atoms with Gasteiger partial charge in [0, 0.05) is 23.4 Å². The Labute approximate surface area is 228 Å². The molecule has 0 unspecified atom stereocenters. The van der Waals surface area contributed by atoms with Crippen molar-refractivity contribution in [3.63, 3.8) is 0 Å². The maximum absolute atomic E-state index is 14.0. The van der Waals surface area contributed by atoms with Gasteiger partial charge in [-0.3, -0.25) is 9.48 Å². The maximum atomic E-state index is 14.0. The van der Waals surface area contributed by atoms with Crippen LogP contribution in [-0.4, -0.2) is 30.3 Å². The molecule has 3 aromatic heterocycles. The molecule has 0 saturated heterocycles. The highest BCUT2D eigenvalue weighted by molar-refractivity contribution is 6.33. The lowest BCUT2D eigenvalue weighted by Gasteiger charge is -2.11. The smallest absolute Gasteiger partial charge is 0.302 e. The third-order valence-electron chi connectivity index (χ3n) is 6.23. The number of carbonyl (C=O) groups is 1. The van der Waals surface area contributed by atoms with Crippen LogP contribution in [0.15, 0.2) is 85.1 Å². The van der Waals surface area contributed by atoms with Crippen LogP contribution >= 0.6 is 11.6 Å². The maximum Gasteiger partial charge on any atom is 0.433 e. The third-order valence-corrected chi connectivity index (χ3v) is 6.51. The number of nitrogens with zero attached hydrogens (tertiary/aromatic N) is 5. The number of halogens is 5. The number of aromatic nitrogens is 5. The molecule has 40 heavy (non-hydrogen) atoms. The van der Waals surface area contributed by atoms with Gasteiger partial charge in [0.05, 0.1) is 12.2 Å². The number of carbonyl (C=O) groups excluding carboxylic acids is 1. The van der Waals surface area contributed by atoms with Crippen LogP contribution < -0.4 is 5.32 Å². The fourth-order valence-electron chi connectivity index (χ4n) is 4.32. The second-order valence-corrected chi connectivity index (χ2v) is 9.36. The molecule has 0 aliphatic carbocycles. The molecule has 0 saturated carbocycles. The number of alkyl halides is 3. The lowest BCUT2D eigenvalue weighted by molar-refractivity contribution is -0.142. The summed E-state index contributed by atoms with van der Waals surface area (Å²) in [5.41, 5.74) is -0.675. The summed E-state index contributed by atoms with van der Waals surface area (Å²) in [7, 11) is 0. The Kier molecular flexibility index (Phi) is 6.22. The van der Waals surface area contributed by atoms with E-state index < -0.39 is 23.6 Å². The third kappa shape index (κ3) is 4.87. The number of anilines is 1. The number of fused-ring (bicyclic) bond motifs is 2. The molecule has 0 spiro atoms. The molecule has 0 aliphatic heterocycles. The average Bonchev–Trinajstić information content (AvgIpc) is 3.51. The lowest BCUT2D eigenvalue weighted by Crippen LogP contribution is -2.16. The number of hydrogen-bond acceptors (Lipinski definition) is 4. The summed E-state index contributed by atoms with van der Waals surface area (Å²) in [6.07, 6.45) is -3.38. The van der Waals surface area contributed by atoms with Crippen molar-refractivity contribution >= 4 is 39.7 Å². The predicted molar refractivity (Wildman–Crippen MR) is 142 cm³/mol. The van der Waals surface area contributed by atoms with Crippen molar-refractivity contribution in [1.82, 2.24) is 24.4 Å². The van der Waals surface area contributed by atoms with Gasteiger partial charge in [-0.15, -0.1) is 0 Å². The Morgan fingerprint density at radius 3 is 2.45 bits per heavy atom. The average molecular weight is 565 g/mol. The molecule has 0 bridgehead atoms. The molecule has 6 aromatic rings. The van der Waals surface area contributed by atoms with Crippen LogP contribution in [0, 0.1) is 5.82 Å². The van der Waals surface area contributed by atoms with Crippen molar-refractivity contribution in [2.24, 2.45) is 0 Å². The second-order valence-electron chi connectivity index (χ2n) is 8.95. The summed E-state index contributed by atoms with van der Waals surface area (Å²) in [5, 5.41) is 12.3. The minimum atomic E-state index is -4.78. The molecule has 0 atom stereocenters. The number of hydrogen-bond donors (Lipinski definition) is 1. The van der Waals surface area contributed by atoms with E-state index in [9.17, 15) is 22.4 Å². The van der Waals surface area contributed by atoms with Crippen LogP contribution in [0.3, 0.4) is 0 Å². The molecule has 3 aromatic carbocycles. The summed E-state index contributed by atoms with van der Waals surface area (Å²) in [6, 6.07) is 20.8. The lowest BCUT2D eigenvalue weighted by atomic mass is 10.0. The van der Waals surface area contributed by atoms with Crippen LogP contribution in [0.2, 0.25) is 5.02 Å². The van der Waals surface area contributed by atoms with Crippen molar-refractivity contribution in [3.05, 3.63) is 113 Å². The number of nitrogens with one attached hydrogen (secondary N) is 1. The van der Waals surface area contributed by atoms with E-state index in [1.807, 2.05) is 24.3 Å². The zero-order valence-electron chi connectivity index (χ0n) is 20.3. The van der Waals surface area contributed by atoms with Crippen molar-refractivity contribution in [1.29, 1.82) is 0 Å². The van der Waals surface area contributed by atoms with E-state index >= 15 is 0 Å². The molecular formula is C28H17ClF4N6O. The summed E-state index contributed by atoms with van der Waals surface area (Å²) >= 11 is 6.20. The van der Waals surface area contributed by atoms with Gasteiger partial charge in [-0.2, -0.15) is 23.4 Å². The Balaban J connectivity index is 1.33. The van der Waals surface area contributed by atoms with E-state index in [0.717, 1.165) is 22.9 Å². The highest BCUT2D eigenvalue weighted by Gasteiger charge is 2.35. The molecule has 1 N–H and O–H groups in total. The molecular weight excluding hydrogens is 548 g/mol. The predicted octanol–water partition coefficient (Wildman–Crippen LogP) is 6.86. The highest BCUT2D eigenvalue weighted by atomic mass is 35.5. The molecule has 7 nitrogen and oxygen atoms in total. The summed E-state index contributed by atoms with van der Waals surface area (Å²) in [5.74, 6) is -1.33. The minimum absolute atomic E-state index is 0.0487. The van der Waals surface area contributed by atoms with Crippen LogP contribution in [-0.2, 0) is 12.7 Å². The minimum Gasteiger partial charge on any atom is -0.302 e. The van der Waals surface area contributed by atoms with E-state index in [2.05, 4.69) is 20.5 Å². The van der Waals surface area contributed by atoms with E-state index in [1.54, 1.807) is 36.4 Å².